The molecule has 1 aliphatic carbocycles. The minimum Gasteiger partial charge on any atom is -0.481 e. The van der Waals surface area contributed by atoms with E-state index in [1.165, 1.54) is 7.11 Å². The molecule has 1 fully saturated rings. The largest absolute Gasteiger partial charge is 0.481 e. The number of H-pyrrole nitrogens is 3. The minimum absolute atomic E-state index is 0.0811. The summed E-state index contributed by atoms with van der Waals surface area (Å²) in [6, 6.07) is 0. The van der Waals surface area contributed by atoms with Gasteiger partial charge in [0.25, 0.3) is 0 Å². The molecule has 0 amide bonds. The smallest absolute Gasteiger partial charge is 0.321 e. The molecule has 2 aliphatic heterocycles. The number of carboxylic acid groups (broad SMARTS) is 1. The molecule has 3 aliphatic rings. The van der Waals surface area contributed by atoms with Crippen molar-refractivity contribution in [3.63, 3.8) is 0 Å². The van der Waals surface area contributed by atoms with Crippen LogP contribution in [0.3, 0.4) is 0 Å². The number of hydrogen-bond acceptors (Lipinski definition) is 6. The number of ketones is 1. The van der Waals surface area contributed by atoms with Crippen LogP contribution in [-0.4, -0.2) is 51.2 Å². The maximum Gasteiger partial charge on any atom is 0.321 e. The van der Waals surface area contributed by atoms with Gasteiger partial charge in [0.2, 0.25) is 0 Å². The van der Waals surface area contributed by atoms with Crippen molar-refractivity contribution in [2.75, 3.05) is 7.11 Å². The van der Waals surface area contributed by atoms with Crippen LogP contribution in [0.4, 0.5) is 0 Å². The molecular formula is C35H36N4O6. The second-order valence-electron chi connectivity index (χ2n) is 11.9. The standard InChI is InChI=1S/C35H36N4O6/c1-7-18-15(3)22-11-23-16(4)20(9-10-28(41)42)32(38-23)30-31(35(44)45-6)34(43)29-17(5)24(39-33(29)30)12-26-19(8-2)21(14-40)27(37-26)13-25(18)36-22/h7,11-14,16,20,31,36-39H,1,8-10H2,2-6H3,(H,41,42)/b23-11-,26-12-,27-13-,32-30-/t16-,20-,31+/m0/s1. The average molecular weight is 609 g/mol. The number of aliphatic carboxylic acids is 1. The number of aromatic amines is 3. The van der Waals surface area contributed by atoms with Crippen LogP contribution in [0.15, 0.2) is 18.0 Å². The first kappa shape index (κ1) is 29.9. The quantitative estimate of drug-likeness (QED) is 0.155. The number of methoxy groups -OCH3 is 1. The molecule has 5 N–H and O–H groups in total. The number of aromatic nitrogens is 3. The molecular weight excluding hydrogens is 572 g/mol. The monoisotopic (exact) mass is 608 g/mol. The lowest BCUT2D eigenvalue weighted by Gasteiger charge is -2.19. The van der Waals surface area contributed by atoms with Crippen molar-refractivity contribution >= 4 is 53.9 Å². The second kappa shape index (κ2) is 11.1. The number of carbonyl (C=O) groups is 4. The van der Waals surface area contributed by atoms with E-state index in [1.807, 2.05) is 45.9 Å². The Balaban J connectivity index is 1.75. The normalized spacial score (nSPS) is 24.2. The van der Waals surface area contributed by atoms with Gasteiger partial charge in [0, 0.05) is 74.3 Å². The van der Waals surface area contributed by atoms with Crippen molar-refractivity contribution in [1.82, 2.24) is 20.3 Å². The van der Waals surface area contributed by atoms with E-state index in [1.54, 1.807) is 6.08 Å². The molecule has 0 aromatic carbocycles. The zero-order valence-electron chi connectivity index (χ0n) is 25.9. The van der Waals surface area contributed by atoms with E-state index in [4.69, 9.17) is 4.74 Å². The average Bonchev–Trinajstić information content (AvgIpc) is 3.76. The molecule has 0 unspecified atom stereocenters. The first-order valence-corrected chi connectivity index (χ1v) is 15.1. The molecule has 1 saturated heterocycles. The van der Waals surface area contributed by atoms with Gasteiger partial charge in [-0.2, -0.15) is 0 Å². The third-order valence-corrected chi connectivity index (χ3v) is 9.63. The fourth-order valence-corrected chi connectivity index (χ4v) is 7.22. The van der Waals surface area contributed by atoms with Crippen molar-refractivity contribution in [2.24, 2.45) is 17.8 Å². The molecule has 232 valence electrons. The Morgan fingerprint density at radius 3 is 2.38 bits per heavy atom. The number of rotatable bonds is 7. The van der Waals surface area contributed by atoms with Crippen LogP contribution in [-0.2, 0) is 20.7 Å². The van der Waals surface area contributed by atoms with E-state index >= 15 is 0 Å². The third-order valence-electron chi connectivity index (χ3n) is 9.63. The minimum atomic E-state index is -1.20. The van der Waals surface area contributed by atoms with Crippen LogP contribution in [0, 0.1) is 31.6 Å². The molecule has 5 heterocycles. The van der Waals surface area contributed by atoms with Crippen molar-refractivity contribution < 1.29 is 29.0 Å². The highest BCUT2D eigenvalue weighted by Crippen LogP contribution is 2.48. The Kier molecular flexibility index (Phi) is 7.39. The molecule has 0 radical (unpaired) electrons. The summed E-state index contributed by atoms with van der Waals surface area (Å²) in [5, 5.41) is 14.5. The lowest BCUT2D eigenvalue weighted by Crippen LogP contribution is -2.25. The highest BCUT2D eigenvalue weighted by Gasteiger charge is 2.48. The number of carboxylic acids is 1. The zero-order chi connectivity index (χ0) is 32.3. The highest BCUT2D eigenvalue weighted by atomic mass is 16.5. The van der Waals surface area contributed by atoms with Gasteiger partial charge in [-0.3, -0.25) is 19.2 Å². The van der Waals surface area contributed by atoms with Gasteiger partial charge in [0.05, 0.1) is 18.2 Å². The number of carbonyl (C=O) groups excluding carboxylic acids is 3. The number of fused-ring (bicyclic) bond motifs is 7. The van der Waals surface area contributed by atoms with Crippen molar-refractivity contribution in [3.8, 4) is 0 Å². The third kappa shape index (κ3) is 4.54. The highest BCUT2D eigenvalue weighted by molar-refractivity contribution is 6.24. The van der Waals surface area contributed by atoms with Gasteiger partial charge < -0.3 is 30.1 Å². The molecule has 3 atom stereocenters. The lowest BCUT2D eigenvalue weighted by atomic mass is 9.85. The molecule has 6 rings (SSSR count). The zero-order valence-corrected chi connectivity index (χ0v) is 25.9. The fraction of sp³-hybridized carbons (Fsp3) is 0.314. The number of allylic oxidation sites excluding steroid dienone is 2. The number of hydrogen-bond donors (Lipinski definition) is 5. The molecule has 0 spiro atoms. The van der Waals surface area contributed by atoms with Gasteiger partial charge in [-0.15, -0.1) is 0 Å². The van der Waals surface area contributed by atoms with Gasteiger partial charge in [-0.1, -0.05) is 26.5 Å². The Morgan fingerprint density at radius 2 is 1.73 bits per heavy atom. The van der Waals surface area contributed by atoms with Crippen molar-refractivity contribution in [1.29, 1.82) is 0 Å². The van der Waals surface area contributed by atoms with Gasteiger partial charge in [-0.05, 0) is 61.6 Å². The number of esters is 1. The van der Waals surface area contributed by atoms with E-state index in [-0.39, 0.29) is 24.0 Å². The summed E-state index contributed by atoms with van der Waals surface area (Å²) in [7, 11) is 1.26. The Bertz CT molecular complexity index is 2010. The van der Waals surface area contributed by atoms with Gasteiger partial charge in [0.1, 0.15) is 5.92 Å². The maximum absolute atomic E-state index is 14.0. The van der Waals surface area contributed by atoms with Crippen molar-refractivity contribution in [2.45, 2.75) is 47.0 Å². The number of ether oxygens (including phenoxy) is 1. The Morgan fingerprint density at radius 1 is 1.02 bits per heavy atom. The number of Topliss-reactive ketones (excluding diaryl/α,β-unsaturated/α-hetero) is 1. The van der Waals surface area contributed by atoms with Gasteiger partial charge in [0.15, 0.2) is 12.1 Å². The summed E-state index contributed by atoms with van der Waals surface area (Å²) >= 11 is 0. The molecule has 3 aromatic rings. The summed E-state index contributed by atoms with van der Waals surface area (Å²) < 4.78 is 5.13. The van der Waals surface area contributed by atoms with Gasteiger partial charge in [-0.25, -0.2) is 0 Å². The van der Waals surface area contributed by atoms with Crippen LogP contribution >= 0.6 is 0 Å². The van der Waals surface area contributed by atoms with E-state index in [0.717, 1.165) is 45.4 Å². The second-order valence-corrected chi connectivity index (χ2v) is 11.9. The number of nitrogens with one attached hydrogen (secondary N) is 4. The fourth-order valence-electron chi connectivity index (χ4n) is 7.22. The van der Waals surface area contributed by atoms with Crippen LogP contribution in [0.5, 0.6) is 0 Å². The maximum atomic E-state index is 14.0. The van der Waals surface area contributed by atoms with Crippen LogP contribution in [0.2, 0.25) is 0 Å². The predicted octanol–water partition coefficient (Wildman–Crippen LogP) is 3.73. The first-order chi connectivity index (χ1) is 21.5. The summed E-state index contributed by atoms with van der Waals surface area (Å²) in [5.74, 6) is -3.65. The molecule has 10 heteroatoms. The molecule has 3 aromatic heterocycles. The number of aldehydes is 1. The predicted molar refractivity (Wildman–Crippen MR) is 170 cm³/mol. The lowest BCUT2D eigenvalue weighted by molar-refractivity contribution is -0.142. The van der Waals surface area contributed by atoms with Crippen LogP contribution < -0.4 is 16.0 Å². The van der Waals surface area contributed by atoms with Crippen molar-refractivity contribution in [3.05, 3.63) is 84.8 Å². The summed E-state index contributed by atoms with van der Waals surface area (Å²) in [5.41, 5.74) is 8.98. The van der Waals surface area contributed by atoms with E-state index in [9.17, 15) is 24.3 Å². The van der Waals surface area contributed by atoms with E-state index in [2.05, 4.69) is 26.8 Å². The Labute approximate surface area is 259 Å². The molecule has 10 nitrogen and oxygen atoms in total. The summed E-state index contributed by atoms with van der Waals surface area (Å²) in [6.07, 6.45) is 9.23. The van der Waals surface area contributed by atoms with E-state index in [0.29, 0.717) is 57.5 Å². The van der Waals surface area contributed by atoms with E-state index < -0.39 is 17.9 Å². The SMILES string of the molecule is C=Cc1c2[nH]c(c1C)/C=C1\N/C(=C3\c4[nH]c(c(C)c4C(=O)[C@@H]3C(=O)OC)/C=c3\[nH]/c(c(C=O)c3CC)=C\2)[C@@H](CCC(=O)O)[C@@H]1C. The summed E-state index contributed by atoms with van der Waals surface area (Å²) in [4.78, 5) is 61.7. The molecule has 0 saturated carbocycles. The Hall–Kier alpha value is -5.12. The summed E-state index contributed by atoms with van der Waals surface area (Å²) in [6.45, 7) is 11.8. The molecule has 45 heavy (non-hydrogen) atoms. The van der Waals surface area contributed by atoms with Crippen LogP contribution in [0.1, 0.15) is 92.4 Å². The first-order valence-electron chi connectivity index (χ1n) is 15.1. The van der Waals surface area contributed by atoms with Gasteiger partial charge >= 0.3 is 11.9 Å². The van der Waals surface area contributed by atoms with Crippen LogP contribution in [0.25, 0.3) is 29.9 Å². The molecule has 8 bridgehead atoms. The topological polar surface area (TPSA) is 157 Å².